The summed E-state index contributed by atoms with van der Waals surface area (Å²) in [5.41, 5.74) is 0. The zero-order chi connectivity index (χ0) is 11.7. The molecule has 0 radical (unpaired) electrons. The number of ether oxygens (including phenoxy) is 1. The van der Waals surface area contributed by atoms with Crippen molar-refractivity contribution in [1.82, 2.24) is 10.6 Å². The lowest BCUT2D eigenvalue weighted by Crippen LogP contribution is -2.38. The van der Waals surface area contributed by atoms with Gasteiger partial charge in [-0.05, 0) is 6.92 Å². The second kappa shape index (κ2) is 8.82. The average molecular weight is 236 g/mol. The first-order valence-electron chi connectivity index (χ1n) is 4.86. The first kappa shape index (κ1) is 14.5. The summed E-state index contributed by atoms with van der Waals surface area (Å²) < 4.78 is 15.8. The van der Waals surface area contributed by atoms with Gasteiger partial charge in [0.1, 0.15) is 0 Å². The SMILES string of the molecule is COCCNC(=O)CNCC(C)S(C)=O. The summed E-state index contributed by atoms with van der Waals surface area (Å²) in [4.78, 5) is 11.2. The second-order valence-electron chi connectivity index (χ2n) is 3.28. The third-order valence-corrected chi connectivity index (χ3v) is 3.21. The number of methoxy groups -OCH3 is 1. The predicted octanol–water partition coefficient (Wildman–Crippen LogP) is -0.894. The van der Waals surface area contributed by atoms with Crippen molar-refractivity contribution in [2.45, 2.75) is 12.2 Å². The van der Waals surface area contributed by atoms with Crippen LogP contribution in [0, 0.1) is 0 Å². The Labute approximate surface area is 93.4 Å². The fourth-order valence-corrected chi connectivity index (χ4v) is 1.21. The Morgan fingerprint density at radius 2 is 2.20 bits per heavy atom. The Kier molecular flexibility index (Phi) is 8.55. The van der Waals surface area contributed by atoms with Gasteiger partial charge in [0.05, 0.1) is 13.2 Å². The van der Waals surface area contributed by atoms with E-state index in [1.807, 2.05) is 6.92 Å². The maximum Gasteiger partial charge on any atom is 0.234 e. The van der Waals surface area contributed by atoms with Gasteiger partial charge >= 0.3 is 0 Å². The molecule has 0 fully saturated rings. The molecule has 0 aromatic carbocycles. The van der Waals surface area contributed by atoms with Crippen molar-refractivity contribution in [3.05, 3.63) is 0 Å². The van der Waals surface area contributed by atoms with Crippen LogP contribution in [0.25, 0.3) is 0 Å². The lowest BCUT2D eigenvalue weighted by atomic mass is 10.4. The molecule has 0 aromatic heterocycles. The molecule has 1 amide bonds. The number of nitrogens with one attached hydrogen (secondary N) is 2. The van der Waals surface area contributed by atoms with E-state index in [1.165, 1.54) is 0 Å². The van der Waals surface area contributed by atoms with Crippen LogP contribution in [0.5, 0.6) is 0 Å². The van der Waals surface area contributed by atoms with E-state index in [4.69, 9.17) is 4.74 Å². The zero-order valence-electron chi connectivity index (χ0n) is 9.54. The highest BCUT2D eigenvalue weighted by atomic mass is 32.2. The third kappa shape index (κ3) is 8.53. The van der Waals surface area contributed by atoms with Gasteiger partial charge < -0.3 is 15.4 Å². The van der Waals surface area contributed by atoms with Gasteiger partial charge in [0, 0.05) is 42.5 Å². The van der Waals surface area contributed by atoms with Gasteiger partial charge in [0.2, 0.25) is 5.91 Å². The summed E-state index contributed by atoms with van der Waals surface area (Å²) in [6.07, 6.45) is 1.66. The minimum atomic E-state index is -0.846. The molecule has 0 aliphatic heterocycles. The maximum atomic E-state index is 11.2. The van der Waals surface area contributed by atoms with Crippen molar-refractivity contribution in [1.29, 1.82) is 0 Å². The molecule has 6 heteroatoms. The molecule has 0 aliphatic rings. The Morgan fingerprint density at radius 3 is 2.73 bits per heavy atom. The molecule has 0 spiro atoms. The van der Waals surface area contributed by atoms with Crippen LogP contribution in [-0.2, 0) is 20.3 Å². The van der Waals surface area contributed by atoms with E-state index >= 15 is 0 Å². The van der Waals surface area contributed by atoms with Crippen LogP contribution in [0.2, 0.25) is 0 Å². The summed E-state index contributed by atoms with van der Waals surface area (Å²) in [6, 6.07) is 0. The van der Waals surface area contributed by atoms with Crippen molar-refractivity contribution in [3.8, 4) is 0 Å². The molecule has 15 heavy (non-hydrogen) atoms. The largest absolute Gasteiger partial charge is 0.383 e. The van der Waals surface area contributed by atoms with Gasteiger partial charge in [-0.1, -0.05) is 0 Å². The molecule has 2 N–H and O–H groups in total. The summed E-state index contributed by atoms with van der Waals surface area (Å²) in [5, 5.41) is 5.70. The van der Waals surface area contributed by atoms with Gasteiger partial charge in [-0.25, -0.2) is 0 Å². The van der Waals surface area contributed by atoms with E-state index in [1.54, 1.807) is 13.4 Å². The minimum absolute atomic E-state index is 0.0665. The molecular weight excluding hydrogens is 216 g/mol. The van der Waals surface area contributed by atoms with Crippen LogP contribution >= 0.6 is 0 Å². The lowest BCUT2D eigenvalue weighted by molar-refractivity contribution is -0.120. The van der Waals surface area contributed by atoms with Crippen LogP contribution in [0.1, 0.15) is 6.92 Å². The van der Waals surface area contributed by atoms with Crippen molar-refractivity contribution < 1.29 is 13.7 Å². The molecule has 5 nitrogen and oxygen atoms in total. The fourth-order valence-electron chi connectivity index (χ4n) is 0.861. The van der Waals surface area contributed by atoms with Crippen LogP contribution < -0.4 is 10.6 Å². The van der Waals surface area contributed by atoms with E-state index in [9.17, 15) is 9.00 Å². The van der Waals surface area contributed by atoms with Crippen LogP contribution in [-0.4, -0.2) is 55.0 Å². The number of carbonyl (C=O) groups is 1. The Hall–Kier alpha value is -0.460. The maximum absolute atomic E-state index is 11.2. The summed E-state index contributed by atoms with van der Waals surface area (Å²) in [5.74, 6) is -0.0684. The van der Waals surface area contributed by atoms with Crippen molar-refractivity contribution in [3.63, 3.8) is 0 Å². The molecule has 0 bridgehead atoms. The number of hydrogen-bond acceptors (Lipinski definition) is 4. The molecule has 90 valence electrons. The molecule has 0 saturated carbocycles. The average Bonchev–Trinajstić information content (AvgIpc) is 2.18. The summed E-state index contributed by atoms with van der Waals surface area (Å²) in [6.45, 7) is 3.76. The van der Waals surface area contributed by atoms with Crippen LogP contribution in [0.15, 0.2) is 0 Å². The Balaban J connectivity index is 3.42. The van der Waals surface area contributed by atoms with E-state index in [2.05, 4.69) is 10.6 Å². The molecule has 2 atom stereocenters. The number of carbonyl (C=O) groups excluding carboxylic acids is 1. The van der Waals surface area contributed by atoms with E-state index in [0.717, 1.165) is 0 Å². The quantitative estimate of drug-likeness (QED) is 0.536. The van der Waals surface area contributed by atoms with Gasteiger partial charge in [-0.15, -0.1) is 0 Å². The van der Waals surface area contributed by atoms with Gasteiger partial charge in [-0.3, -0.25) is 9.00 Å². The molecule has 2 unspecified atom stereocenters. The Bertz CT molecular complexity index is 212. The van der Waals surface area contributed by atoms with E-state index < -0.39 is 10.8 Å². The second-order valence-corrected chi connectivity index (χ2v) is 5.08. The number of hydrogen-bond donors (Lipinski definition) is 2. The van der Waals surface area contributed by atoms with Gasteiger partial charge in [0.15, 0.2) is 0 Å². The lowest BCUT2D eigenvalue weighted by Gasteiger charge is -2.09. The first-order chi connectivity index (χ1) is 7.07. The molecule has 0 aromatic rings. The van der Waals surface area contributed by atoms with Gasteiger partial charge in [-0.2, -0.15) is 0 Å². The van der Waals surface area contributed by atoms with Crippen LogP contribution in [0.3, 0.4) is 0 Å². The van der Waals surface area contributed by atoms with E-state index in [-0.39, 0.29) is 17.7 Å². The highest BCUT2D eigenvalue weighted by molar-refractivity contribution is 7.84. The predicted molar refractivity (Wildman–Crippen MR) is 61.3 cm³/mol. The molecule has 0 rings (SSSR count). The van der Waals surface area contributed by atoms with Gasteiger partial charge in [0.25, 0.3) is 0 Å². The summed E-state index contributed by atoms with van der Waals surface area (Å²) >= 11 is 0. The smallest absolute Gasteiger partial charge is 0.234 e. The highest BCUT2D eigenvalue weighted by Crippen LogP contribution is 1.88. The molecule has 0 aliphatic carbocycles. The zero-order valence-corrected chi connectivity index (χ0v) is 10.4. The van der Waals surface area contributed by atoms with E-state index in [0.29, 0.717) is 19.7 Å². The third-order valence-electron chi connectivity index (χ3n) is 1.91. The van der Waals surface area contributed by atoms with Crippen LogP contribution in [0.4, 0.5) is 0 Å². The number of rotatable bonds is 8. The van der Waals surface area contributed by atoms with Crippen molar-refractivity contribution >= 4 is 16.7 Å². The molecule has 0 heterocycles. The molecule has 0 saturated heterocycles. The normalized spacial score (nSPS) is 14.6. The standard InChI is InChI=1S/C9H20N2O3S/c1-8(15(3)13)6-10-7-9(12)11-4-5-14-2/h8,10H,4-7H2,1-3H3,(H,11,12). The first-order valence-corrected chi connectivity index (χ1v) is 6.48. The highest BCUT2D eigenvalue weighted by Gasteiger charge is 2.06. The monoisotopic (exact) mass is 236 g/mol. The Morgan fingerprint density at radius 1 is 1.53 bits per heavy atom. The van der Waals surface area contributed by atoms with Crippen molar-refractivity contribution in [2.75, 3.05) is 39.6 Å². The fraction of sp³-hybridized carbons (Fsp3) is 0.889. The number of amides is 1. The van der Waals surface area contributed by atoms with Crippen molar-refractivity contribution in [2.24, 2.45) is 0 Å². The summed E-state index contributed by atoms with van der Waals surface area (Å²) in [7, 11) is 0.740. The minimum Gasteiger partial charge on any atom is -0.383 e. The molecular formula is C9H20N2O3S. The topological polar surface area (TPSA) is 67.4 Å².